The number of sulfone groups is 1. The molecule has 0 aliphatic carbocycles. The zero-order valence-corrected chi connectivity index (χ0v) is 12.6. The molecule has 116 valence electrons. The second-order valence-electron chi connectivity index (χ2n) is 4.95. The van der Waals surface area contributed by atoms with Gasteiger partial charge in [-0.1, -0.05) is 11.2 Å². The molecule has 0 radical (unpaired) electrons. The molecule has 7 nitrogen and oxygen atoms in total. The molecular weight excluding hydrogens is 294 g/mol. The first kappa shape index (κ1) is 15.6. The van der Waals surface area contributed by atoms with Crippen LogP contribution in [0.4, 0.5) is 0 Å². The van der Waals surface area contributed by atoms with Crippen LogP contribution in [0.3, 0.4) is 0 Å². The molecule has 1 aromatic rings. The van der Waals surface area contributed by atoms with Crippen molar-refractivity contribution < 1.29 is 18.4 Å². The number of amidine groups is 1. The Bertz CT molecular complexity index is 629. The molecule has 1 aliphatic rings. The Morgan fingerprint density at radius 2 is 2.10 bits per heavy atom. The minimum atomic E-state index is -2.88. The van der Waals surface area contributed by atoms with Gasteiger partial charge in [-0.15, -0.1) is 0 Å². The predicted octanol–water partition coefficient (Wildman–Crippen LogP) is 0.0201. The van der Waals surface area contributed by atoms with E-state index >= 15 is 0 Å². The molecule has 1 fully saturated rings. The lowest BCUT2D eigenvalue weighted by Gasteiger charge is -2.26. The Labute approximate surface area is 123 Å². The third kappa shape index (κ3) is 3.85. The zero-order valence-electron chi connectivity index (χ0n) is 11.8. The zero-order chi connectivity index (χ0) is 15.5. The molecule has 2 rings (SSSR count). The average molecular weight is 313 g/mol. The molecule has 21 heavy (non-hydrogen) atoms. The van der Waals surface area contributed by atoms with Crippen LogP contribution in [0, 0.1) is 0 Å². The fourth-order valence-electron chi connectivity index (χ4n) is 2.27. The Balaban J connectivity index is 2.14. The van der Waals surface area contributed by atoms with Crippen molar-refractivity contribution in [1.29, 1.82) is 0 Å². The van der Waals surface area contributed by atoms with Crippen LogP contribution in [0.25, 0.3) is 0 Å². The van der Waals surface area contributed by atoms with Crippen molar-refractivity contribution in [1.82, 2.24) is 4.90 Å². The summed E-state index contributed by atoms with van der Waals surface area (Å²) in [5, 5.41) is 11.8. The molecule has 0 saturated carbocycles. The minimum Gasteiger partial charge on any atom is -0.496 e. The van der Waals surface area contributed by atoms with Crippen LogP contribution in [0.1, 0.15) is 11.1 Å². The highest BCUT2D eigenvalue weighted by Gasteiger charge is 2.21. The van der Waals surface area contributed by atoms with Gasteiger partial charge in [0, 0.05) is 19.6 Å². The van der Waals surface area contributed by atoms with Gasteiger partial charge in [0.1, 0.15) is 5.75 Å². The van der Waals surface area contributed by atoms with Crippen molar-refractivity contribution in [3.8, 4) is 5.75 Å². The van der Waals surface area contributed by atoms with E-state index in [4.69, 9.17) is 15.7 Å². The maximum atomic E-state index is 11.4. The number of nitrogens with zero attached hydrogens (tertiary/aromatic N) is 2. The van der Waals surface area contributed by atoms with Crippen molar-refractivity contribution in [3.05, 3.63) is 29.3 Å². The van der Waals surface area contributed by atoms with Gasteiger partial charge >= 0.3 is 0 Å². The molecule has 1 aromatic carbocycles. The normalized spacial score (nSPS) is 19.4. The van der Waals surface area contributed by atoms with Crippen LogP contribution in [-0.4, -0.2) is 56.1 Å². The molecule has 1 heterocycles. The summed E-state index contributed by atoms with van der Waals surface area (Å²) in [4.78, 5) is 2.07. The highest BCUT2D eigenvalue weighted by molar-refractivity contribution is 7.91. The van der Waals surface area contributed by atoms with E-state index in [1.165, 1.54) is 7.11 Å². The smallest absolute Gasteiger partial charge is 0.173 e. The monoisotopic (exact) mass is 313 g/mol. The highest BCUT2D eigenvalue weighted by Crippen LogP contribution is 2.21. The molecule has 1 saturated heterocycles. The Morgan fingerprint density at radius 3 is 2.67 bits per heavy atom. The molecule has 8 heteroatoms. The number of hydrogen-bond acceptors (Lipinski definition) is 6. The van der Waals surface area contributed by atoms with Gasteiger partial charge in [-0.2, -0.15) is 0 Å². The van der Waals surface area contributed by atoms with Gasteiger partial charge in [0.05, 0.1) is 24.2 Å². The summed E-state index contributed by atoms with van der Waals surface area (Å²) in [6.45, 7) is 1.66. The number of hydrogen-bond donors (Lipinski definition) is 2. The standard InChI is InChI=1S/C13H19N3O4S/c1-20-12-3-2-10(8-11(12)13(14)15-17)9-16-4-6-21(18,19)7-5-16/h2-3,8,17H,4-7,9H2,1H3,(H2,14,15). The van der Waals surface area contributed by atoms with E-state index in [-0.39, 0.29) is 17.3 Å². The second kappa shape index (κ2) is 6.31. The van der Waals surface area contributed by atoms with Gasteiger partial charge in [0.25, 0.3) is 0 Å². The van der Waals surface area contributed by atoms with Crippen LogP contribution in [-0.2, 0) is 16.4 Å². The van der Waals surface area contributed by atoms with Gasteiger partial charge in [0.2, 0.25) is 0 Å². The largest absolute Gasteiger partial charge is 0.496 e. The third-order valence-corrected chi connectivity index (χ3v) is 5.10. The van der Waals surface area contributed by atoms with Crippen molar-refractivity contribution in [2.75, 3.05) is 31.7 Å². The van der Waals surface area contributed by atoms with E-state index in [1.807, 2.05) is 6.07 Å². The van der Waals surface area contributed by atoms with Crippen molar-refractivity contribution in [3.63, 3.8) is 0 Å². The summed E-state index contributed by atoms with van der Waals surface area (Å²) < 4.78 is 28.0. The number of benzene rings is 1. The maximum absolute atomic E-state index is 11.4. The number of methoxy groups -OCH3 is 1. The topological polar surface area (TPSA) is 105 Å². The van der Waals surface area contributed by atoms with Crippen LogP contribution < -0.4 is 10.5 Å². The van der Waals surface area contributed by atoms with Gasteiger partial charge in [-0.05, 0) is 17.7 Å². The van der Waals surface area contributed by atoms with Crippen LogP contribution in [0.15, 0.2) is 23.4 Å². The SMILES string of the molecule is COc1ccc(CN2CCS(=O)(=O)CC2)cc1C(N)=NO. The first-order valence-corrected chi connectivity index (χ1v) is 8.35. The van der Waals surface area contributed by atoms with E-state index in [2.05, 4.69) is 10.1 Å². The third-order valence-electron chi connectivity index (χ3n) is 3.49. The molecule has 3 N–H and O–H groups in total. The molecule has 0 bridgehead atoms. The quantitative estimate of drug-likeness (QED) is 0.351. The van der Waals surface area contributed by atoms with Crippen molar-refractivity contribution >= 4 is 15.7 Å². The van der Waals surface area contributed by atoms with Crippen LogP contribution >= 0.6 is 0 Å². The van der Waals surface area contributed by atoms with Gasteiger partial charge < -0.3 is 15.7 Å². The second-order valence-corrected chi connectivity index (χ2v) is 7.25. The predicted molar refractivity (Wildman–Crippen MR) is 79.4 cm³/mol. The van der Waals surface area contributed by atoms with E-state index in [9.17, 15) is 8.42 Å². The molecule has 0 amide bonds. The van der Waals surface area contributed by atoms with Crippen LogP contribution in [0.2, 0.25) is 0 Å². The van der Waals surface area contributed by atoms with Crippen molar-refractivity contribution in [2.24, 2.45) is 10.9 Å². The number of rotatable bonds is 4. The van der Waals surface area contributed by atoms with E-state index < -0.39 is 9.84 Å². The first-order valence-electron chi connectivity index (χ1n) is 6.53. The maximum Gasteiger partial charge on any atom is 0.173 e. The summed E-state index contributed by atoms with van der Waals surface area (Å²) in [6, 6.07) is 5.43. The Hall–Kier alpha value is -1.80. The lowest BCUT2D eigenvalue weighted by molar-refractivity contribution is 0.287. The lowest BCUT2D eigenvalue weighted by Crippen LogP contribution is -2.39. The number of oxime groups is 1. The average Bonchev–Trinajstić information content (AvgIpc) is 2.48. The molecule has 0 spiro atoms. The molecule has 0 atom stereocenters. The Kier molecular flexibility index (Phi) is 4.69. The lowest BCUT2D eigenvalue weighted by atomic mass is 10.1. The van der Waals surface area contributed by atoms with Gasteiger partial charge in [-0.25, -0.2) is 8.42 Å². The molecule has 0 unspecified atom stereocenters. The van der Waals surface area contributed by atoms with E-state index in [1.54, 1.807) is 12.1 Å². The van der Waals surface area contributed by atoms with Crippen molar-refractivity contribution in [2.45, 2.75) is 6.54 Å². The Morgan fingerprint density at radius 1 is 1.43 bits per heavy atom. The fourth-order valence-corrected chi connectivity index (χ4v) is 3.55. The van der Waals surface area contributed by atoms with E-state index in [0.29, 0.717) is 30.9 Å². The summed E-state index contributed by atoms with van der Waals surface area (Å²) in [5.74, 6) is 0.886. The summed E-state index contributed by atoms with van der Waals surface area (Å²) in [5.41, 5.74) is 7.11. The first-order chi connectivity index (χ1) is 9.95. The molecular formula is C13H19N3O4S. The summed E-state index contributed by atoms with van der Waals surface area (Å²) in [7, 11) is -1.37. The highest BCUT2D eigenvalue weighted by atomic mass is 32.2. The minimum absolute atomic E-state index is 0.0186. The van der Waals surface area contributed by atoms with E-state index in [0.717, 1.165) is 5.56 Å². The summed E-state index contributed by atoms with van der Waals surface area (Å²) >= 11 is 0. The molecule has 1 aliphatic heterocycles. The number of ether oxygens (including phenoxy) is 1. The summed E-state index contributed by atoms with van der Waals surface area (Å²) in [6.07, 6.45) is 0. The molecule has 0 aromatic heterocycles. The fraction of sp³-hybridized carbons (Fsp3) is 0.462. The van der Waals surface area contributed by atoms with Crippen LogP contribution in [0.5, 0.6) is 5.75 Å². The van der Waals surface area contributed by atoms with Gasteiger partial charge in [0.15, 0.2) is 15.7 Å². The van der Waals surface area contributed by atoms with Gasteiger partial charge in [-0.3, -0.25) is 4.90 Å². The number of nitrogens with two attached hydrogens (primary N) is 1.